The second-order valence-corrected chi connectivity index (χ2v) is 5.00. The van der Waals surface area contributed by atoms with Gasteiger partial charge in [-0.2, -0.15) is 0 Å². The van der Waals surface area contributed by atoms with Crippen LogP contribution in [-0.2, 0) is 9.59 Å². The van der Waals surface area contributed by atoms with Gasteiger partial charge in [0.15, 0.2) is 0 Å². The van der Waals surface area contributed by atoms with E-state index in [0.29, 0.717) is 11.4 Å². The molecule has 0 aliphatic carbocycles. The van der Waals surface area contributed by atoms with Crippen molar-refractivity contribution < 1.29 is 9.59 Å². The standard InChI is InChI=1S/C18H18N2O2/c1-13-4-3-5-15(12-13)6-11-18(22)20-17-9-7-16(8-10-17)19-14(2)21/h3-12H,1-2H3,(H,19,21)(H,20,22)/b11-6+. The summed E-state index contributed by atoms with van der Waals surface area (Å²) in [5.41, 5.74) is 3.50. The monoisotopic (exact) mass is 294 g/mol. The lowest BCUT2D eigenvalue weighted by Crippen LogP contribution is -2.08. The molecule has 0 aliphatic rings. The Hall–Kier alpha value is -2.88. The zero-order valence-electron chi connectivity index (χ0n) is 12.6. The van der Waals surface area contributed by atoms with E-state index in [1.807, 2.05) is 31.2 Å². The largest absolute Gasteiger partial charge is 0.326 e. The van der Waals surface area contributed by atoms with Crippen molar-refractivity contribution in [2.24, 2.45) is 0 Å². The minimum absolute atomic E-state index is 0.127. The lowest BCUT2D eigenvalue weighted by molar-refractivity contribution is -0.114. The second-order valence-electron chi connectivity index (χ2n) is 5.00. The smallest absolute Gasteiger partial charge is 0.248 e. The van der Waals surface area contributed by atoms with Gasteiger partial charge in [0.2, 0.25) is 11.8 Å². The summed E-state index contributed by atoms with van der Waals surface area (Å²) in [6, 6.07) is 14.9. The van der Waals surface area contributed by atoms with E-state index in [1.54, 1.807) is 30.3 Å². The highest BCUT2D eigenvalue weighted by atomic mass is 16.2. The van der Waals surface area contributed by atoms with Gasteiger partial charge in [0, 0.05) is 24.4 Å². The fourth-order valence-corrected chi connectivity index (χ4v) is 1.97. The minimum Gasteiger partial charge on any atom is -0.326 e. The minimum atomic E-state index is -0.200. The van der Waals surface area contributed by atoms with Crippen molar-refractivity contribution in [1.29, 1.82) is 0 Å². The quantitative estimate of drug-likeness (QED) is 0.846. The van der Waals surface area contributed by atoms with Crippen LogP contribution in [0.2, 0.25) is 0 Å². The molecule has 2 amide bonds. The molecule has 2 N–H and O–H groups in total. The molecule has 4 nitrogen and oxygen atoms in total. The van der Waals surface area contributed by atoms with Gasteiger partial charge >= 0.3 is 0 Å². The fourth-order valence-electron chi connectivity index (χ4n) is 1.97. The topological polar surface area (TPSA) is 58.2 Å². The highest BCUT2D eigenvalue weighted by Crippen LogP contribution is 2.13. The molecule has 2 aromatic carbocycles. The molecule has 0 heterocycles. The Bertz CT molecular complexity index is 703. The van der Waals surface area contributed by atoms with E-state index in [4.69, 9.17) is 0 Å². The van der Waals surface area contributed by atoms with Crippen molar-refractivity contribution in [2.75, 3.05) is 10.6 Å². The van der Waals surface area contributed by atoms with Crippen LogP contribution in [0.5, 0.6) is 0 Å². The number of anilines is 2. The third-order valence-corrected chi connectivity index (χ3v) is 2.94. The molecule has 0 aromatic heterocycles. The van der Waals surface area contributed by atoms with Crippen LogP contribution in [0.25, 0.3) is 6.08 Å². The molecule has 112 valence electrons. The first kappa shape index (κ1) is 15.5. The summed E-state index contributed by atoms with van der Waals surface area (Å²) in [6.45, 7) is 3.46. The number of rotatable bonds is 4. The molecule has 0 atom stereocenters. The summed E-state index contributed by atoms with van der Waals surface area (Å²) in [5, 5.41) is 5.44. The predicted molar refractivity (Wildman–Crippen MR) is 89.6 cm³/mol. The molecule has 0 bridgehead atoms. The van der Waals surface area contributed by atoms with Gasteiger partial charge in [0.1, 0.15) is 0 Å². The number of carbonyl (C=O) groups is 2. The Morgan fingerprint density at radius 3 is 2.18 bits per heavy atom. The van der Waals surface area contributed by atoms with Crippen molar-refractivity contribution in [2.45, 2.75) is 13.8 Å². The molecule has 0 spiro atoms. The first-order valence-corrected chi connectivity index (χ1v) is 6.96. The number of hydrogen-bond acceptors (Lipinski definition) is 2. The van der Waals surface area contributed by atoms with Gasteiger partial charge in [-0.15, -0.1) is 0 Å². The van der Waals surface area contributed by atoms with Gasteiger partial charge in [-0.25, -0.2) is 0 Å². The van der Waals surface area contributed by atoms with E-state index in [9.17, 15) is 9.59 Å². The van der Waals surface area contributed by atoms with Gasteiger partial charge < -0.3 is 10.6 Å². The molecule has 0 saturated carbocycles. The zero-order chi connectivity index (χ0) is 15.9. The molecule has 0 radical (unpaired) electrons. The third kappa shape index (κ3) is 4.90. The molecule has 0 saturated heterocycles. The van der Waals surface area contributed by atoms with Crippen molar-refractivity contribution in [3.05, 3.63) is 65.7 Å². The average Bonchev–Trinajstić information content (AvgIpc) is 2.47. The summed E-state index contributed by atoms with van der Waals surface area (Å²) < 4.78 is 0. The van der Waals surface area contributed by atoms with Crippen LogP contribution in [0.4, 0.5) is 11.4 Å². The average molecular weight is 294 g/mol. The maximum absolute atomic E-state index is 11.9. The summed E-state index contributed by atoms with van der Waals surface area (Å²) in [6.07, 6.45) is 3.27. The number of nitrogens with one attached hydrogen (secondary N) is 2. The van der Waals surface area contributed by atoms with Crippen LogP contribution in [0, 0.1) is 6.92 Å². The van der Waals surface area contributed by atoms with E-state index in [1.165, 1.54) is 13.0 Å². The molecule has 0 aliphatic heterocycles. The third-order valence-electron chi connectivity index (χ3n) is 2.94. The van der Waals surface area contributed by atoms with Crippen LogP contribution in [0.1, 0.15) is 18.1 Å². The highest BCUT2D eigenvalue weighted by Gasteiger charge is 1.99. The fraction of sp³-hybridized carbons (Fsp3) is 0.111. The Labute approximate surface area is 129 Å². The van der Waals surface area contributed by atoms with Crippen LogP contribution < -0.4 is 10.6 Å². The SMILES string of the molecule is CC(=O)Nc1ccc(NC(=O)/C=C/c2cccc(C)c2)cc1. The Morgan fingerprint density at radius 2 is 1.59 bits per heavy atom. The first-order valence-electron chi connectivity index (χ1n) is 6.96. The van der Waals surface area contributed by atoms with Gasteiger partial charge in [0.25, 0.3) is 0 Å². The van der Waals surface area contributed by atoms with Crippen LogP contribution in [-0.4, -0.2) is 11.8 Å². The lowest BCUT2D eigenvalue weighted by Gasteiger charge is -2.05. The van der Waals surface area contributed by atoms with E-state index in [0.717, 1.165) is 11.1 Å². The predicted octanol–water partition coefficient (Wildman–Crippen LogP) is 3.61. The summed E-state index contributed by atoms with van der Waals surface area (Å²) in [4.78, 5) is 22.8. The number of hydrogen-bond donors (Lipinski definition) is 2. The molecule has 2 rings (SSSR count). The van der Waals surface area contributed by atoms with Crippen molar-refractivity contribution in [3.8, 4) is 0 Å². The van der Waals surface area contributed by atoms with Crippen LogP contribution in [0.15, 0.2) is 54.6 Å². The van der Waals surface area contributed by atoms with E-state index in [2.05, 4.69) is 10.6 Å². The molecule has 2 aromatic rings. The van der Waals surface area contributed by atoms with Crippen molar-refractivity contribution >= 4 is 29.3 Å². The maximum Gasteiger partial charge on any atom is 0.248 e. The van der Waals surface area contributed by atoms with Crippen LogP contribution in [0.3, 0.4) is 0 Å². The zero-order valence-corrected chi connectivity index (χ0v) is 12.6. The molecule has 22 heavy (non-hydrogen) atoms. The van der Waals surface area contributed by atoms with E-state index >= 15 is 0 Å². The van der Waals surface area contributed by atoms with Gasteiger partial charge in [-0.1, -0.05) is 29.8 Å². The second kappa shape index (κ2) is 7.22. The maximum atomic E-state index is 11.9. The van der Waals surface area contributed by atoms with Crippen molar-refractivity contribution in [1.82, 2.24) is 0 Å². The highest BCUT2D eigenvalue weighted by molar-refractivity contribution is 6.02. The summed E-state index contributed by atoms with van der Waals surface area (Å²) >= 11 is 0. The Kier molecular flexibility index (Phi) is 5.09. The van der Waals surface area contributed by atoms with Gasteiger partial charge in [0.05, 0.1) is 0 Å². The number of benzene rings is 2. The summed E-state index contributed by atoms with van der Waals surface area (Å²) in [5.74, 6) is -0.327. The van der Waals surface area contributed by atoms with Gasteiger partial charge in [-0.3, -0.25) is 9.59 Å². The van der Waals surface area contributed by atoms with Crippen molar-refractivity contribution in [3.63, 3.8) is 0 Å². The van der Waals surface area contributed by atoms with Gasteiger partial charge in [-0.05, 0) is 42.8 Å². The van der Waals surface area contributed by atoms with E-state index in [-0.39, 0.29) is 11.8 Å². The number of amides is 2. The summed E-state index contributed by atoms with van der Waals surface area (Å²) in [7, 11) is 0. The first-order chi connectivity index (χ1) is 10.5. The van der Waals surface area contributed by atoms with E-state index < -0.39 is 0 Å². The normalized spacial score (nSPS) is 10.5. The molecule has 0 fully saturated rings. The Balaban J connectivity index is 1.95. The molecule has 4 heteroatoms. The molecular formula is C18H18N2O2. The molecule has 0 unspecified atom stereocenters. The number of carbonyl (C=O) groups excluding carboxylic acids is 2. The lowest BCUT2D eigenvalue weighted by atomic mass is 10.1. The van der Waals surface area contributed by atoms with Crippen LogP contribution >= 0.6 is 0 Å². The number of aryl methyl sites for hydroxylation is 1. The molecular weight excluding hydrogens is 276 g/mol. The Morgan fingerprint density at radius 1 is 0.955 bits per heavy atom.